The van der Waals surface area contributed by atoms with E-state index >= 15 is 0 Å². The molecule has 6 heteroatoms. The van der Waals surface area contributed by atoms with Crippen LogP contribution in [0.2, 0.25) is 0 Å². The zero-order valence-corrected chi connectivity index (χ0v) is 13.5. The monoisotopic (exact) mass is 378 g/mol. The molecule has 0 amide bonds. The van der Waals surface area contributed by atoms with Crippen LogP contribution in [0.3, 0.4) is 0 Å². The fraction of sp³-hybridized carbons (Fsp3) is 0.118. The molecule has 1 heterocycles. The first-order valence-electron chi connectivity index (χ1n) is 6.80. The first-order chi connectivity index (χ1) is 11.1. The van der Waals surface area contributed by atoms with E-state index in [1.807, 2.05) is 0 Å². The van der Waals surface area contributed by atoms with Crippen LogP contribution in [-0.4, -0.2) is 12.8 Å². The summed E-state index contributed by atoms with van der Waals surface area (Å²) >= 11 is 3.40. The van der Waals surface area contributed by atoms with Crippen LogP contribution < -0.4 is 9.47 Å². The average molecular weight is 379 g/mol. The molecule has 3 rings (SSSR count). The van der Waals surface area contributed by atoms with Gasteiger partial charge in [-0.3, -0.25) is 0 Å². The van der Waals surface area contributed by atoms with E-state index in [4.69, 9.17) is 14.2 Å². The lowest BCUT2D eigenvalue weighted by atomic mass is 10.2. The van der Waals surface area contributed by atoms with Crippen LogP contribution in [0.25, 0.3) is 6.08 Å². The van der Waals surface area contributed by atoms with Gasteiger partial charge in [0.05, 0.1) is 0 Å². The molecule has 0 aliphatic carbocycles. The smallest absolute Gasteiger partial charge is 0.331 e. The summed E-state index contributed by atoms with van der Waals surface area (Å²) in [4.78, 5) is 11.7. The highest BCUT2D eigenvalue weighted by Gasteiger charge is 2.16. The zero-order valence-electron chi connectivity index (χ0n) is 11.9. The van der Waals surface area contributed by atoms with Crippen LogP contribution in [0.4, 0.5) is 4.39 Å². The Morgan fingerprint density at radius 2 is 1.91 bits per heavy atom. The van der Waals surface area contributed by atoms with Gasteiger partial charge in [-0.1, -0.05) is 28.1 Å². The molecule has 23 heavy (non-hydrogen) atoms. The van der Waals surface area contributed by atoms with Gasteiger partial charge in [0.1, 0.15) is 12.4 Å². The van der Waals surface area contributed by atoms with Crippen molar-refractivity contribution in [3.05, 3.63) is 63.9 Å². The third kappa shape index (κ3) is 3.90. The number of carbonyl (C=O) groups is 1. The zero-order chi connectivity index (χ0) is 16.2. The largest absolute Gasteiger partial charge is 0.458 e. The van der Waals surface area contributed by atoms with Gasteiger partial charge in [0.2, 0.25) is 6.79 Å². The van der Waals surface area contributed by atoms with Crippen LogP contribution in [-0.2, 0) is 16.1 Å². The van der Waals surface area contributed by atoms with Crippen LogP contribution in [0.15, 0.2) is 46.9 Å². The summed E-state index contributed by atoms with van der Waals surface area (Å²) in [6, 6.07) is 9.35. The molecule has 2 aromatic rings. The van der Waals surface area contributed by atoms with Gasteiger partial charge in [0.25, 0.3) is 0 Å². The molecular weight excluding hydrogens is 367 g/mol. The van der Waals surface area contributed by atoms with Gasteiger partial charge >= 0.3 is 5.97 Å². The number of ether oxygens (including phenoxy) is 3. The summed E-state index contributed by atoms with van der Waals surface area (Å²) in [6.45, 7) is 0.287. The Morgan fingerprint density at radius 1 is 1.22 bits per heavy atom. The van der Waals surface area contributed by atoms with Gasteiger partial charge in [-0.15, -0.1) is 0 Å². The van der Waals surface area contributed by atoms with Crippen molar-refractivity contribution in [2.75, 3.05) is 6.79 Å². The van der Waals surface area contributed by atoms with Crippen molar-refractivity contribution in [3.8, 4) is 11.5 Å². The SMILES string of the molecule is O=C(/C=C/c1ccc(F)cc1)OCc1cc2c(cc1Br)OCO2. The van der Waals surface area contributed by atoms with E-state index in [2.05, 4.69) is 15.9 Å². The van der Waals surface area contributed by atoms with E-state index in [0.29, 0.717) is 17.1 Å². The molecule has 2 aromatic carbocycles. The first-order valence-corrected chi connectivity index (χ1v) is 7.59. The molecule has 118 valence electrons. The van der Waals surface area contributed by atoms with Gasteiger partial charge in [0, 0.05) is 16.1 Å². The van der Waals surface area contributed by atoms with Crippen LogP contribution >= 0.6 is 15.9 Å². The van der Waals surface area contributed by atoms with E-state index in [1.165, 1.54) is 18.2 Å². The van der Waals surface area contributed by atoms with E-state index in [-0.39, 0.29) is 19.2 Å². The molecule has 1 aliphatic rings. The number of esters is 1. The van der Waals surface area contributed by atoms with Crippen molar-refractivity contribution in [2.24, 2.45) is 0 Å². The number of carbonyl (C=O) groups excluding carboxylic acids is 1. The fourth-order valence-corrected chi connectivity index (χ4v) is 2.44. The Kier molecular flexibility index (Phi) is 4.62. The Morgan fingerprint density at radius 3 is 2.65 bits per heavy atom. The van der Waals surface area contributed by atoms with E-state index in [1.54, 1.807) is 30.3 Å². The second-order valence-electron chi connectivity index (χ2n) is 4.79. The summed E-state index contributed by atoms with van der Waals surface area (Å²) < 4.78 is 29.3. The molecule has 0 atom stereocenters. The Labute approximate surface area is 140 Å². The number of fused-ring (bicyclic) bond motifs is 1. The number of halogens is 2. The normalized spacial score (nSPS) is 12.6. The quantitative estimate of drug-likeness (QED) is 0.594. The highest BCUT2D eigenvalue weighted by Crippen LogP contribution is 2.37. The Bertz CT molecular complexity index is 756. The van der Waals surface area contributed by atoms with Crippen LogP contribution in [0, 0.1) is 5.82 Å². The maximum Gasteiger partial charge on any atom is 0.331 e. The lowest BCUT2D eigenvalue weighted by Crippen LogP contribution is -2.01. The number of benzene rings is 2. The molecule has 0 fully saturated rings. The number of hydrogen-bond acceptors (Lipinski definition) is 4. The molecule has 0 N–H and O–H groups in total. The molecule has 0 spiro atoms. The molecule has 0 bridgehead atoms. The maximum atomic E-state index is 12.8. The topological polar surface area (TPSA) is 44.8 Å². The van der Waals surface area contributed by atoms with Crippen molar-refractivity contribution in [1.29, 1.82) is 0 Å². The summed E-state index contributed by atoms with van der Waals surface area (Å²) in [6.07, 6.45) is 2.87. The molecular formula is C17H12BrFO4. The lowest BCUT2D eigenvalue weighted by Gasteiger charge is -2.06. The first kappa shape index (κ1) is 15.6. The molecule has 0 unspecified atom stereocenters. The maximum absolute atomic E-state index is 12.8. The summed E-state index contributed by atoms with van der Waals surface area (Å²) in [5.41, 5.74) is 1.49. The standard InChI is InChI=1S/C17H12BrFO4/c18-14-8-16-15(22-10-23-16)7-12(14)9-21-17(20)6-3-11-1-4-13(19)5-2-11/h1-8H,9-10H2/b6-3+. The van der Waals surface area contributed by atoms with Crippen molar-refractivity contribution >= 4 is 28.0 Å². The van der Waals surface area contributed by atoms with Gasteiger partial charge < -0.3 is 14.2 Å². The minimum absolute atomic E-state index is 0.101. The van der Waals surface area contributed by atoms with Gasteiger partial charge in [-0.25, -0.2) is 9.18 Å². The lowest BCUT2D eigenvalue weighted by molar-refractivity contribution is -0.138. The van der Waals surface area contributed by atoms with E-state index in [9.17, 15) is 9.18 Å². The van der Waals surface area contributed by atoms with Gasteiger partial charge in [-0.2, -0.15) is 0 Å². The van der Waals surface area contributed by atoms with E-state index < -0.39 is 5.97 Å². The summed E-state index contributed by atoms with van der Waals surface area (Å²) in [5, 5.41) is 0. The Balaban J connectivity index is 1.60. The van der Waals surface area contributed by atoms with Crippen LogP contribution in [0.1, 0.15) is 11.1 Å². The average Bonchev–Trinajstić information content (AvgIpc) is 2.99. The molecule has 0 saturated heterocycles. The van der Waals surface area contributed by atoms with Crippen molar-refractivity contribution < 1.29 is 23.4 Å². The minimum Gasteiger partial charge on any atom is -0.458 e. The predicted octanol–water partition coefficient (Wildman–Crippen LogP) is 4.07. The highest BCUT2D eigenvalue weighted by atomic mass is 79.9. The molecule has 0 radical (unpaired) electrons. The highest BCUT2D eigenvalue weighted by molar-refractivity contribution is 9.10. The molecule has 4 nitrogen and oxygen atoms in total. The van der Waals surface area contributed by atoms with Gasteiger partial charge in [-0.05, 0) is 35.9 Å². The predicted molar refractivity (Wildman–Crippen MR) is 85.5 cm³/mol. The van der Waals surface area contributed by atoms with E-state index in [0.717, 1.165) is 10.0 Å². The summed E-state index contributed by atoms with van der Waals surface area (Å²) in [7, 11) is 0. The van der Waals surface area contributed by atoms with Gasteiger partial charge in [0.15, 0.2) is 11.5 Å². The number of hydrogen-bond donors (Lipinski definition) is 0. The molecule has 0 saturated carbocycles. The molecule has 1 aliphatic heterocycles. The summed E-state index contributed by atoms with van der Waals surface area (Å²) in [5.74, 6) is 0.473. The second kappa shape index (κ2) is 6.83. The molecule has 0 aromatic heterocycles. The minimum atomic E-state index is -0.487. The van der Waals surface area contributed by atoms with Crippen molar-refractivity contribution in [1.82, 2.24) is 0 Å². The third-order valence-electron chi connectivity index (χ3n) is 3.19. The third-order valence-corrected chi connectivity index (χ3v) is 3.93. The van der Waals surface area contributed by atoms with Crippen molar-refractivity contribution in [2.45, 2.75) is 6.61 Å². The Hall–Kier alpha value is -2.34. The second-order valence-corrected chi connectivity index (χ2v) is 5.64. The van der Waals surface area contributed by atoms with Crippen LogP contribution in [0.5, 0.6) is 11.5 Å². The number of rotatable bonds is 4. The fourth-order valence-electron chi connectivity index (χ4n) is 2.01. The van der Waals surface area contributed by atoms with Crippen molar-refractivity contribution in [3.63, 3.8) is 0 Å².